The van der Waals surface area contributed by atoms with Gasteiger partial charge in [-0.05, 0) is 18.9 Å². The van der Waals surface area contributed by atoms with E-state index in [9.17, 15) is 9.90 Å². The maximum Gasteiger partial charge on any atom is 0.269 e. The Labute approximate surface area is 101 Å². The number of aromatic nitrogens is 2. The van der Waals surface area contributed by atoms with E-state index in [4.69, 9.17) is 0 Å². The van der Waals surface area contributed by atoms with Crippen LogP contribution in [0.2, 0.25) is 0 Å². The second kappa shape index (κ2) is 5.31. The van der Waals surface area contributed by atoms with Crippen LogP contribution in [-0.2, 0) is 7.05 Å². The van der Waals surface area contributed by atoms with Crippen molar-refractivity contribution in [1.82, 2.24) is 15.1 Å². The smallest absolute Gasteiger partial charge is 0.269 e. The van der Waals surface area contributed by atoms with Gasteiger partial charge in [-0.25, -0.2) is 0 Å². The summed E-state index contributed by atoms with van der Waals surface area (Å²) in [7, 11) is 1.73. The van der Waals surface area contributed by atoms with Gasteiger partial charge in [0, 0.05) is 13.2 Å². The lowest BCUT2D eigenvalue weighted by Gasteiger charge is -2.21. The fraction of sp³-hybridized carbons (Fsp3) is 0.667. The van der Waals surface area contributed by atoms with Crippen molar-refractivity contribution in [3.63, 3.8) is 0 Å². The highest BCUT2D eigenvalue weighted by Crippen LogP contribution is 2.18. The normalized spacial score (nSPS) is 25.3. The first-order chi connectivity index (χ1) is 8.18. The van der Waals surface area contributed by atoms with Crippen LogP contribution < -0.4 is 5.32 Å². The van der Waals surface area contributed by atoms with Gasteiger partial charge in [0.25, 0.3) is 5.91 Å². The molecule has 5 heteroatoms. The maximum absolute atomic E-state index is 12.0. The maximum atomic E-state index is 12.0. The van der Waals surface area contributed by atoms with Crippen LogP contribution in [0.25, 0.3) is 0 Å². The molecule has 1 fully saturated rings. The van der Waals surface area contributed by atoms with Crippen molar-refractivity contribution in [2.75, 3.05) is 0 Å². The molecule has 17 heavy (non-hydrogen) atoms. The van der Waals surface area contributed by atoms with Crippen LogP contribution in [-0.4, -0.2) is 32.9 Å². The van der Waals surface area contributed by atoms with Crippen LogP contribution in [0.4, 0.5) is 0 Å². The van der Waals surface area contributed by atoms with Crippen molar-refractivity contribution >= 4 is 5.91 Å². The number of aliphatic hydroxyl groups is 1. The third kappa shape index (κ3) is 2.85. The monoisotopic (exact) mass is 237 g/mol. The van der Waals surface area contributed by atoms with Gasteiger partial charge >= 0.3 is 0 Å². The lowest BCUT2D eigenvalue weighted by Crippen LogP contribution is -2.43. The van der Waals surface area contributed by atoms with Crippen LogP contribution in [0, 0.1) is 0 Å². The van der Waals surface area contributed by atoms with Crippen LogP contribution in [0.15, 0.2) is 12.3 Å². The van der Waals surface area contributed by atoms with E-state index in [0.29, 0.717) is 5.69 Å². The van der Waals surface area contributed by atoms with E-state index in [1.54, 1.807) is 24.0 Å². The zero-order valence-corrected chi connectivity index (χ0v) is 10.1. The molecule has 2 atom stereocenters. The number of carbonyl (C=O) groups is 1. The summed E-state index contributed by atoms with van der Waals surface area (Å²) in [5, 5.41) is 16.8. The van der Waals surface area contributed by atoms with E-state index in [2.05, 4.69) is 10.4 Å². The van der Waals surface area contributed by atoms with E-state index in [1.807, 2.05) is 0 Å². The molecule has 0 aliphatic heterocycles. The highest BCUT2D eigenvalue weighted by molar-refractivity contribution is 5.92. The molecule has 0 radical (unpaired) electrons. The summed E-state index contributed by atoms with van der Waals surface area (Å²) < 4.78 is 1.54. The zero-order chi connectivity index (χ0) is 12.3. The highest BCUT2D eigenvalue weighted by atomic mass is 16.3. The summed E-state index contributed by atoms with van der Waals surface area (Å²) >= 11 is 0. The van der Waals surface area contributed by atoms with Crippen molar-refractivity contribution in [3.8, 4) is 0 Å². The number of amides is 1. The van der Waals surface area contributed by atoms with Gasteiger partial charge in [0.05, 0.1) is 12.1 Å². The molecule has 2 unspecified atom stereocenters. The Morgan fingerprint density at radius 2 is 2.24 bits per heavy atom. The molecular weight excluding hydrogens is 218 g/mol. The molecule has 1 aromatic heterocycles. The van der Waals surface area contributed by atoms with E-state index >= 15 is 0 Å². The molecule has 1 heterocycles. The fourth-order valence-corrected chi connectivity index (χ4v) is 2.30. The molecule has 94 valence electrons. The highest BCUT2D eigenvalue weighted by Gasteiger charge is 2.24. The summed E-state index contributed by atoms with van der Waals surface area (Å²) in [4.78, 5) is 12.0. The standard InChI is InChI=1S/C12H19N3O2/c1-15-10(7-8-13-15)12(17)14-9-5-3-2-4-6-11(9)16/h7-9,11,16H,2-6H2,1H3,(H,14,17). The predicted octanol–water partition coefficient (Wildman–Crippen LogP) is 0.843. The Bertz CT molecular complexity index is 389. The van der Waals surface area contributed by atoms with Crippen molar-refractivity contribution in [1.29, 1.82) is 0 Å². The Hall–Kier alpha value is -1.36. The molecule has 5 nitrogen and oxygen atoms in total. The van der Waals surface area contributed by atoms with Gasteiger partial charge in [0.1, 0.15) is 5.69 Å². The van der Waals surface area contributed by atoms with Gasteiger partial charge in [-0.1, -0.05) is 19.3 Å². The molecule has 1 aliphatic rings. The molecule has 0 spiro atoms. The Kier molecular flexibility index (Phi) is 3.78. The van der Waals surface area contributed by atoms with Gasteiger partial charge in [0.15, 0.2) is 0 Å². The fourth-order valence-electron chi connectivity index (χ4n) is 2.30. The molecule has 0 aromatic carbocycles. The largest absolute Gasteiger partial charge is 0.391 e. The van der Waals surface area contributed by atoms with Crippen molar-refractivity contribution < 1.29 is 9.90 Å². The molecule has 1 saturated carbocycles. The molecule has 1 amide bonds. The Balaban J connectivity index is 2.00. The minimum atomic E-state index is -0.422. The van der Waals surface area contributed by atoms with E-state index in [1.165, 1.54) is 0 Å². The zero-order valence-electron chi connectivity index (χ0n) is 10.1. The molecule has 0 bridgehead atoms. The SMILES string of the molecule is Cn1nccc1C(=O)NC1CCCCCC1O. The third-order valence-electron chi connectivity index (χ3n) is 3.35. The van der Waals surface area contributed by atoms with Gasteiger partial charge in [0.2, 0.25) is 0 Å². The number of aryl methyl sites for hydroxylation is 1. The quantitative estimate of drug-likeness (QED) is 0.749. The lowest BCUT2D eigenvalue weighted by atomic mass is 10.1. The number of carbonyl (C=O) groups excluding carboxylic acids is 1. The van der Waals surface area contributed by atoms with Crippen LogP contribution in [0.1, 0.15) is 42.6 Å². The number of aliphatic hydroxyl groups excluding tert-OH is 1. The van der Waals surface area contributed by atoms with E-state index < -0.39 is 6.10 Å². The average molecular weight is 237 g/mol. The number of nitrogens with one attached hydrogen (secondary N) is 1. The average Bonchev–Trinajstić information content (AvgIpc) is 2.63. The number of nitrogens with zero attached hydrogens (tertiary/aromatic N) is 2. The molecule has 0 saturated heterocycles. The summed E-state index contributed by atoms with van der Waals surface area (Å²) in [5.74, 6) is -0.157. The first-order valence-electron chi connectivity index (χ1n) is 6.15. The minimum Gasteiger partial charge on any atom is -0.391 e. The van der Waals surface area contributed by atoms with Gasteiger partial charge in [-0.15, -0.1) is 0 Å². The minimum absolute atomic E-state index is 0.125. The van der Waals surface area contributed by atoms with Crippen molar-refractivity contribution in [3.05, 3.63) is 18.0 Å². The van der Waals surface area contributed by atoms with Crippen LogP contribution >= 0.6 is 0 Å². The second-order valence-electron chi connectivity index (χ2n) is 4.63. The Morgan fingerprint density at radius 3 is 2.94 bits per heavy atom. The summed E-state index contributed by atoms with van der Waals surface area (Å²) in [5.41, 5.74) is 0.529. The third-order valence-corrected chi connectivity index (χ3v) is 3.35. The summed E-state index contributed by atoms with van der Waals surface area (Å²) in [6.45, 7) is 0. The number of hydrogen-bond acceptors (Lipinski definition) is 3. The van der Waals surface area contributed by atoms with E-state index in [0.717, 1.165) is 32.1 Å². The molecule has 1 aromatic rings. The summed E-state index contributed by atoms with van der Waals surface area (Å²) in [6.07, 6.45) is 6.04. The molecule has 1 aliphatic carbocycles. The second-order valence-corrected chi connectivity index (χ2v) is 4.63. The number of rotatable bonds is 2. The topological polar surface area (TPSA) is 67.2 Å². The van der Waals surface area contributed by atoms with Gasteiger partial charge in [-0.2, -0.15) is 5.10 Å². The number of hydrogen-bond donors (Lipinski definition) is 2. The van der Waals surface area contributed by atoms with Gasteiger partial charge in [-0.3, -0.25) is 9.48 Å². The predicted molar refractivity (Wildman–Crippen MR) is 63.6 cm³/mol. The lowest BCUT2D eigenvalue weighted by molar-refractivity contribution is 0.0810. The van der Waals surface area contributed by atoms with Crippen molar-refractivity contribution in [2.45, 2.75) is 44.2 Å². The van der Waals surface area contributed by atoms with Crippen LogP contribution in [0.3, 0.4) is 0 Å². The summed E-state index contributed by atoms with van der Waals surface area (Å²) in [6, 6.07) is 1.55. The molecule has 2 N–H and O–H groups in total. The first kappa shape index (κ1) is 12.1. The molecule has 2 rings (SSSR count). The molecular formula is C12H19N3O2. The van der Waals surface area contributed by atoms with Crippen molar-refractivity contribution in [2.24, 2.45) is 7.05 Å². The van der Waals surface area contributed by atoms with E-state index in [-0.39, 0.29) is 11.9 Å². The first-order valence-corrected chi connectivity index (χ1v) is 6.15. The van der Waals surface area contributed by atoms with Crippen LogP contribution in [0.5, 0.6) is 0 Å². The Morgan fingerprint density at radius 1 is 1.47 bits per heavy atom. The van der Waals surface area contributed by atoms with Gasteiger partial charge < -0.3 is 10.4 Å².